The molecule has 16 heavy (non-hydrogen) atoms. The van der Waals surface area contributed by atoms with Crippen molar-refractivity contribution in [2.75, 3.05) is 32.8 Å². The molecule has 4 nitrogen and oxygen atoms in total. The van der Waals surface area contributed by atoms with Crippen molar-refractivity contribution in [3.63, 3.8) is 0 Å². The van der Waals surface area contributed by atoms with Gasteiger partial charge in [-0.2, -0.15) is 0 Å². The summed E-state index contributed by atoms with van der Waals surface area (Å²) in [4.78, 5) is 11.3. The molecule has 0 bridgehead atoms. The van der Waals surface area contributed by atoms with Crippen molar-refractivity contribution in [2.45, 2.75) is 32.6 Å². The highest BCUT2D eigenvalue weighted by atomic mass is 16.5. The predicted octanol–water partition coefficient (Wildman–Crippen LogP) is 0.919. The summed E-state index contributed by atoms with van der Waals surface area (Å²) < 4.78 is 5.37. The smallest absolute Gasteiger partial charge is 0.233 e. The summed E-state index contributed by atoms with van der Waals surface area (Å²) in [6.07, 6.45) is 4.83. The lowest BCUT2D eigenvalue weighted by atomic mass is 10.4. The lowest BCUT2D eigenvalue weighted by molar-refractivity contribution is -0.120. The largest absolute Gasteiger partial charge is 0.380 e. The van der Waals surface area contributed by atoms with Crippen molar-refractivity contribution in [1.29, 1.82) is 0 Å². The second-order valence-electron chi connectivity index (χ2n) is 4.39. The van der Waals surface area contributed by atoms with E-state index in [4.69, 9.17) is 4.74 Å². The molecular weight excluding hydrogens is 204 g/mol. The van der Waals surface area contributed by atoms with Gasteiger partial charge in [-0.15, -0.1) is 0 Å². The van der Waals surface area contributed by atoms with Crippen LogP contribution >= 0.6 is 0 Å². The number of hydrogen-bond donors (Lipinski definition) is 2. The van der Waals surface area contributed by atoms with Crippen LogP contribution in [0.25, 0.3) is 0 Å². The summed E-state index contributed by atoms with van der Waals surface area (Å²) >= 11 is 0. The van der Waals surface area contributed by atoms with Crippen LogP contribution in [0, 0.1) is 5.92 Å². The van der Waals surface area contributed by atoms with Crippen molar-refractivity contribution >= 4 is 5.91 Å². The molecule has 1 aliphatic carbocycles. The molecule has 0 aromatic carbocycles. The van der Waals surface area contributed by atoms with E-state index in [-0.39, 0.29) is 5.91 Å². The second kappa shape index (κ2) is 8.53. The molecule has 0 atom stereocenters. The van der Waals surface area contributed by atoms with E-state index >= 15 is 0 Å². The third-order valence-corrected chi connectivity index (χ3v) is 2.64. The minimum atomic E-state index is 0.0976. The average molecular weight is 228 g/mol. The summed E-state index contributed by atoms with van der Waals surface area (Å²) in [6, 6.07) is 0. The van der Waals surface area contributed by atoms with Gasteiger partial charge in [-0.1, -0.05) is 13.3 Å². The maximum Gasteiger partial charge on any atom is 0.233 e. The minimum absolute atomic E-state index is 0.0976. The van der Waals surface area contributed by atoms with Gasteiger partial charge in [0.1, 0.15) is 0 Å². The van der Waals surface area contributed by atoms with E-state index in [0.717, 1.165) is 38.5 Å². The molecular formula is C12H24N2O2. The van der Waals surface area contributed by atoms with Gasteiger partial charge in [0.2, 0.25) is 5.91 Å². The second-order valence-corrected chi connectivity index (χ2v) is 4.39. The van der Waals surface area contributed by atoms with E-state index in [1.807, 2.05) is 0 Å². The molecule has 0 aliphatic heterocycles. The number of amides is 1. The van der Waals surface area contributed by atoms with E-state index in [1.165, 1.54) is 12.8 Å². The van der Waals surface area contributed by atoms with Crippen LogP contribution in [0.5, 0.6) is 0 Å². The van der Waals surface area contributed by atoms with Crippen molar-refractivity contribution < 1.29 is 9.53 Å². The van der Waals surface area contributed by atoms with Gasteiger partial charge < -0.3 is 15.4 Å². The molecule has 0 saturated heterocycles. The fraction of sp³-hybridized carbons (Fsp3) is 0.917. The number of carbonyl (C=O) groups excluding carboxylic acids is 1. The Kier molecular flexibility index (Phi) is 7.17. The summed E-state index contributed by atoms with van der Waals surface area (Å²) in [7, 11) is 0. The van der Waals surface area contributed by atoms with Crippen molar-refractivity contribution in [3.8, 4) is 0 Å². The van der Waals surface area contributed by atoms with E-state index in [9.17, 15) is 4.79 Å². The van der Waals surface area contributed by atoms with Gasteiger partial charge in [0, 0.05) is 19.7 Å². The van der Waals surface area contributed by atoms with Crippen LogP contribution in [-0.4, -0.2) is 38.8 Å². The van der Waals surface area contributed by atoms with Crippen LogP contribution in [0.1, 0.15) is 32.6 Å². The van der Waals surface area contributed by atoms with Crippen LogP contribution < -0.4 is 10.6 Å². The first-order valence-corrected chi connectivity index (χ1v) is 6.38. The summed E-state index contributed by atoms with van der Waals surface area (Å²) in [5.74, 6) is 0.849. The van der Waals surface area contributed by atoms with Crippen LogP contribution in [0.15, 0.2) is 0 Å². The molecule has 1 amide bonds. The zero-order valence-electron chi connectivity index (χ0n) is 10.3. The van der Waals surface area contributed by atoms with Crippen molar-refractivity contribution in [1.82, 2.24) is 10.6 Å². The van der Waals surface area contributed by atoms with E-state index < -0.39 is 0 Å². The molecule has 0 spiro atoms. The van der Waals surface area contributed by atoms with Crippen LogP contribution in [-0.2, 0) is 9.53 Å². The lowest BCUT2D eigenvalue weighted by Crippen LogP contribution is -2.36. The van der Waals surface area contributed by atoms with Gasteiger partial charge in [0.05, 0.1) is 13.2 Å². The Labute approximate surface area is 98.1 Å². The zero-order valence-corrected chi connectivity index (χ0v) is 10.3. The molecule has 1 fully saturated rings. The topological polar surface area (TPSA) is 50.4 Å². The van der Waals surface area contributed by atoms with Crippen LogP contribution in [0.3, 0.4) is 0 Å². The van der Waals surface area contributed by atoms with Gasteiger partial charge >= 0.3 is 0 Å². The maximum absolute atomic E-state index is 11.3. The number of carbonyl (C=O) groups is 1. The van der Waals surface area contributed by atoms with Crippen LogP contribution in [0.2, 0.25) is 0 Å². The Bertz CT molecular complexity index is 193. The highest BCUT2D eigenvalue weighted by Crippen LogP contribution is 2.27. The van der Waals surface area contributed by atoms with Gasteiger partial charge in [0.15, 0.2) is 0 Å². The number of unbranched alkanes of at least 4 members (excludes halogenated alkanes) is 1. The van der Waals surface area contributed by atoms with Crippen LogP contribution in [0.4, 0.5) is 0 Å². The molecule has 1 rings (SSSR count). The number of rotatable bonds is 10. The van der Waals surface area contributed by atoms with E-state index in [1.54, 1.807) is 0 Å². The first-order chi connectivity index (χ1) is 7.83. The standard InChI is InChI=1S/C12H24N2O2/c1-2-3-7-16-8-6-13-10-12(15)14-9-11-4-5-11/h11,13H,2-10H2,1H3,(H,14,15). The fourth-order valence-corrected chi connectivity index (χ4v) is 1.34. The first-order valence-electron chi connectivity index (χ1n) is 6.38. The molecule has 0 unspecified atom stereocenters. The van der Waals surface area contributed by atoms with Gasteiger partial charge in [-0.3, -0.25) is 4.79 Å². The van der Waals surface area contributed by atoms with Crippen molar-refractivity contribution in [2.24, 2.45) is 5.92 Å². The van der Waals surface area contributed by atoms with Gasteiger partial charge in [-0.05, 0) is 25.2 Å². The highest BCUT2D eigenvalue weighted by Gasteiger charge is 2.21. The monoisotopic (exact) mass is 228 g/mol. The lowest BCUT2D eigenvalue weighted by Gasteiger charge is -2.06. The molecule has 4 heteroatoms. The average Bonchev–Trinajstić information content (AvgIpc) is 3.09. The molecule has 1 saturated carbocycles. The zero-order chi connectivity index (χ0) is 11.6. The Morgan fingerprint density at radius 3 is 2.88 bits per heavy atom. The third-order valence-electron chi connectivity index (χ3n) is 2.64. The summed E-state index contributed by atoms with van der Waals surface area (Å²) in [5.41, 5.74) is 0. The Balaban J connectivity index is 1.76. The van der Waals surface area contributed by atoms with E-state index in [0.29, 0.717) is 13.2 Å². The molecule has 0 heterocycles. The Morgan fingerprint density at radius 1 is 1.38 bits per heavy atom. The predicted molar refractivity (Wildman–Crippen MR) is 64.3 cm³/mol. The maximum atomic E-state index is 11.3. The molecule has 2 N–H and O–H groups in total. The van der Waals surface area contributed by atoms with Gasteiger partial charge in [-0.25, -0.2) is 0 Å². The fourth-order valence-electron chi connectivity index (χ4n) is 1.34. The molecule has 1 aliphatic rings. The highest BCUT2D eigenvalue weighted by molar-refractivity contribution is 5.77. The molecule has 0 aromatic heterocycles. The Hall–Kier alpha value is -0.610. The molecule has 0 aromatic rings. The Morgan fingerprint density at radius 2 is 2.19 bits per heavy atom. The number of nitrogens with one attached hydrogen (secondary N) is 2. The minimum Gasteiger partial charge on any atom is -0.380 e. The summed E-state index contributed by atoms with van der Waals surface area (Å²) in [6.45, 7) is 5.67. The SMILES string of the molecule is CCCCOCCNCC(=O)NCC1CC1. The molecule has 0 radical (unpaired) electrons. The third kappa shape index (κ3) is 7.65. The van der Waals surface area contributed by atoms with Crippen molar-refractivity contribution in [3.05, 3.63) is 0 Å². The number of hydrogen-bond acceptors (Lipinski definition) is 3. The normalized spacial score (nSPS) is 15.1. The summed E-state index contributed by atoms with van der Waals surface area (Å²) in [5, 5.41) is 5.98. The van der Waals surface area contributed by atoms with Gasteiger partial charge in [0.25, 0.3) is 0 Å². The first kappa shape index (κ1) is 13.5. The molecule has 94 valence electrons. The number of ether oxygens (including phenoxy) is 1. The quantitative estimate of drug-likeness (QED) is 0.547. The van der Waals surface area contributed by atoms with E-state index in [2.05, 4.69) is 17.6 Å².